The smallest absolute Gasteiger partial charge is 0.260 e. The van der Waals surface area contributed by atoms with Crippen molar-refractivity contribution in [3.8, 4) is 11.5 Å². The lowest BCUT2D eigenvalue weighted by molar-refractivity contribution is -0.138. The molecule has 4 amide bonds. The zero-order chi connectivity index (χ0) is 34.9. The number of para-hydroxylation sites is 1. The quantitative estimate of drug-likeness (QED) is 0.168. The summed E-state index contributed by atoms with van der Waals surface area (Å²) >= 11 is 3.49. The third kappa shape index (κ3) is 4.57. The second-order valence-corrected chi connectivity index (χ2v) is 14.3. The fourth-order valence-corrected chi connectivity index (χ4v) is 9.33. The molecule has 9 nitrogen and oxygen atoms in total. The number of rotatable bonds is 6. The highest BCUT2D eigenvalue weighted by atomic mass is 79.9. The van der Waals surface area contributed by atoms with Crippen LogP contribution in [0.3, 0.4) is 0 Å². The molecule has 252 valence electrons. The van der Waals surface area contributed by atoms with E-state index >= 15 is 4.79 Å². The van der Waals surface area contributed by atoms with Crippen molar-refractivity contribution in [2.24, 2.45) is 23.7 Å². The van der Waals surface area contributed by atoms with Crippen LogP contribution in [0.4, 0.5) is 11.4 Å². The maximum absolute atomic E-state index is 15.3. The standard InChI is InChI=1S/C40H34BrN3O6/c1-22-13-15-25(16-14-22)42-44-37(47)30-21-29-27(17-18-28-33(29)38(48)43(36(28)46)26-11-7-4-8-12-26)34(23-19-31(41)35(45)32(20-23)50-2)40(30,39(44)49)24-9-5-3-6-10-24/h3-17,19-20,28-30,33-34,42,45H,18,21H2,1-2H3. The van der Waals surface area contributed by atoms with Gasteiger partial charge < -0.3 is 9.84 Å². The predicted octanol–water partition coefficient (Wildman–Crippen LogP) is 6.66. The van der Waals surface area contributed by atoms with E-state index in [0.717, 1.165) is 16.1 Å². The van der Waals surface area contributed by atoms with Crippen LogP contribution < -0.4 is 15.1 Å². The van der Waals surface area contributed by atoms with Crippen molar-refractivity contribution in [3.63, 3.8) is 0 Å². The minimum absolute atomic E-state index is 0.0989. The molecule has 2 heterocycles. The molecule has 4 aliphatic rings. The van der Waals surface area contributed by atoms with Crippen LogP contribution in [0, 0.1) is 30.6 Å². The van der Waals surface area contributed by atoms with Crippen LogP contribution in [0.15, 0.2) is 113 Å². The van der Waals surface area contributed by atoms with Gasteiger partial charge in [-0.2, -0.15) is 5.01 Å². The number of carbonyl (C=O) groups is 4. The number of anilines is 2. The molecule has 0 bridgehead atoms. The molecule has 4 aromatic carbocycles. The van der Waals surface area contributed by atoms with Crippen LogP contribution >= 0.6 is 15.9 Å². The summed E-state index contributed by atoms with van der Waals surface area (Å²) in [6.45, 7) is 1.96. The highest BCUT2D eigenvalue weighted by Crippen LogP contribution is 2.64. The van der Waals surface area contributed by atoms with E-state index < -0.39 is 46.8 Å². The Morgan fingerprint density at radius 1 is 0.860 bits per heavy atom. The van der Waals surface area contributed by atoms with Crippen molar-refractivity contribution < 1.29 is 29.0 Å². The van der Waals surface area contributed by atoms with Gasteiger partial charge in [-0.15, -0.1) is 0 Å². The average molecular weight is 733 g/mol. The van der Waals surface area contributed by atoms with Crippen molar-refractivity contribution in [2.45, 2.75) is 31.1 Å². The summed E-state index contributed by atoms with van der Waals surface area (Å²) in [5.41, 5.74) is 5.91. The first kappa shape index (κ1) is 32.0. The highest BCUT2D eigenvalue weighted by molar-refractivity contribution is 9.10. The molecule has 8 rings (SSSR count). The molecule has 4 aromatic rings. The van der Waals surface area contributed by atoms with Gasteiger partial charge in [-0.05, 0) is 89.1 Å². The normalized spacial score (nSPS) is 27.1. The van der Waals surface area contributed by atoms with Crippen LogP contribution in [-0.4, -0.2) is 40.9 Å². The number of hydrogen-bond acceptors (Lipinski definition) is 7. The number of methoxy groups -OCH3 is 1. The molecule has 6 atom stereocenters. The third-order valence-electron chi connectivity index (χ3n) is 11.0. The molecular formula is C40H34BrN3O6. The van der Waals surface area contributed by atoms with Crippen LogP contribution in [0.5, 0.6) is 11.5 Å². The molecule has 10 heteroatoms. The van der Waals surface area contributed by atoms with Crippen molar-refractivity contribution in [1.82, 2.24) is 5.01 Å². The van der Waals surface area contributed by atoms with E-state index in [9.17, 15) is 19.5 Å². The Kier molecular flexibility index (Phi) is 7.67. The Labute approximate surface area is 297 Å². The number of hydrogen-bond donors (Lipinski definition) is 2. The van der Waals surface area contributed by atoms with E-state index in [2.05, 4.69) is 21.4 Å². The number of phenols is 1. The molecule has 0 radical (unpaired) electrons. The van der Waals surface area contributed by atoms with Crippen molar-refractivity contribution >= 4 is 50.9 Å². The number of aromatic hydroxyl groups is 1. The van der Waals surface area contributed by atoms with Gasteiger partial charge in [-0.1, -0.05) is 77.9 Å². The summed E-state index contributed by atoms with van der Waals surface area (Å²) in [7, 11) is 1.45. The number of nitrogens with zero attached hydrogens (tertiary/aromatic N) is 2. The van der Waals surface area contributed by atoms with Crippen molar-refractivity contribution in [3.05, 3.63) is 130 Å². The lowest BCUT2D eigenvalue weighted by atomic mass is 9.49. The molecule has 50 heavy (non-hydrogen) atoms. The molecule has 6 unspecified atom stereocenters. The summed E-state index contributed by atoms with van der Waals surface area (Å²) in [6.07, 6.45) is 2.51. The average Bonchev–Trinajstić information content (AvgIpc) is 3.51. The van der Waals surface area contributed by atoms with E-state index in [1.165, 1.54) is 12.0 Å². The first-order chi connectivity index (χ1) is 24.2. The van der Waals surface area contributed by atoms with Crippen molar-refractivity contribution in [1.29, 1.82) is 0 Å². The van der Waals surface area contributed by atoms with Gasteiger partial charge >= 0.3 is 0 Å². The number of allylic oxidation sites excluding steroid dienone is 2. The largest absolute Gasteiger partial charge is 0.503 e. The van der Waals surface area contributed by atoms with Gasteiger partial charge in [0.05, 0.1) is 46.1 Å². The number of imide groups is 2. The Morgan fingerprint density at radius 2 is 1.54 bits per heavy atom. The fourth-order valence-electron chi connectivity index (χ4n) is 8.87. The minimum atomic E-state index is -1.43. The van der Waals surface area contributed by atoms with E-state index in [0.29, 0.717) is 33.4 Å². The number of halogens is 1. The predicted molar refractivity (Wildman–Crippen MR) is 190 cm³/mol. The minimum Gasteiger partial charge on any atom is -0.503 e. The summed E-state index contributed by atoms with van der Waals surface area (Å²) < 4.78 is 5.94. The number of aryl methyl sites for hydroxylation is 1. The number of ether oxygens (including phenoxy) is 1. The van der Waals surface area contributed by atoms with Crippen LogP contribution in [0.25, 0.3) is 0 Å². The van der Waals surface area contributed by atoms with E-state index in [1.54, 1.807) is 36.4 Å². The SMILES string of the molecule is COc1cc(C2C3=CCC4C(=O)N(c5ccccc5)C(=O)C4C3CC3C(=O)N(Nc4ccc(C)cc4)C(=O)C32c2ccccc2)cc(Br)c1O. The van der Waals surface area contributed by atoms with Crippen LogP contribution in [0.2, 0.25) is 0 Å². The molecule has 3 fully saturated rings. The summed E-state index contributed by atoms with van der Waals surface area (Å²) in [6, 6.07) is 29.1. The highest BCUT2D eigenvalue weighted by Gasteiger charge is 2.70. The lowest BCUT2D eigenvalue weighted by Crippen LogP contribution is -2.53. The number of carbonyl (C=O) groups excluding carboxylic acids is 4. The number of nitrogens with one attached hydrogen (secondary N) is 1. The molecule has 0 spiro atoms. The van der Waals surface area contributed by atoms with Gasteiger partial charge in [0.15, 0.2) is 11.5 Å². The van der Waals surface area contributed by atoms with E-state index in [-0.39, 0.29) is 29.7 Å². The summed E-state index contributed by atoms with van der Waals surface area (Å²) in [5.74, 6) is -4.78. The van der Waals surface area contributed by atoms with Crippen LogP contribution in [0.1, 0.15) is 35.4 Å². The Morgan fingerprint density at radius 3 is 2.22 bits per heavy atom. The maximum atomic E-state index is 15.3. The molecule has 0 aromatic heterocycles. The lowest BCUT2D eigenvalue weighted by Gasteiger charge is -2.50. The van der Waals surface area contributed by atoms with Gasteiger partial charge in [0.1, 0.15) is 0 Å². The number of hydrazine groups is 1. The number of fused-ring (bicyclic) bond motifs is 4. The van der Waals surface area contributed by atoms with Crippen molar-refractivity contribution in [2.75, 3.05) is 17.4 Å². The zero-order valence-corrected chi connectivity index (χ0v) is 29.0. The fraction of sp³-hybridized carbons (Fsp3) is 0.250. The number of benzene rings is 4. The first-order valence-corrected chi connectivity index (χ1v) is 17.4. The van der Waals surface area contributed by atoms with Gasteiger partial charge in [0, 0.05) is 5.92 Å². The van der Waals surface area contributed by atoms with E-state index in [1.807, 2.05) is 73.7 Å². The molecule has 2 N–H and O–H groups in total. The van der Waals surface area contributed by atoms with Gasteiger partial charge in [0.2, 0.25) is 11.8 Å². The third-order valence-corrected chi connectivity index (χ3v) is 11.6. The van der Waals surface area contributed by atoms with Crippen LogP contribution in [-0.2, 0) is 24.6 Å². The Bertz CT molecular complexity index is 2090. The summed E-state index contributed by atoms with van der Waals surface area (Å²) in [4.78, 5) is 59.7. The van der Waals surface area contributed by atoms with Gasteiger partial charge in [0.25, 0.3) is 11.8 Å². The Hall–Kier alpha value is -5.22. The summed E-state index contributed by atoms with van der Waals surface area (Å²) in [5, 5.41) is 12.0. The molecule has 2 saturated heterocycles. The topological polar surface area (TPSA) is 116 Å². The van der Waals surface area contributed by atoms with E-state index in [4.69, 9.17) is 4.74 Å². The van der Waals surface area contributed by atoms with Gasteiger partial charge in [-0.3, -0.25) is 29.5 Å². The molecule has 1 saturated carbocycles. The first-order valence-electron chi connectivity index (χ1n) is 16.6. The molecule has 2 aliphatic carbocycles. The van der Waals surface area contributed by atoms with Gasteiger partial charge in [-0.25, -0.2) is 0 Å². The second kappa shape index (κ2) is 12.0. The second-order valence-electron chi connectivity index (χ2n) is 13.5. The Balaban J connectivity index is 1.35. The molecular weight excluding hydrogens is 698 g/mol. The zero-order valence-electron chi connectivity index (χ0n) is 27.4. The molecule has 2 aliphatic heterocycles. The maximum Gasteiger partial charge on any atom is 0.260 e. The number of amides is 4. The number of phenolic OH excluding ortho intramolecular Hbond substituents is 1. The monoisotopic (exact) mass is 731 g/mol.